The Morgan fingerprint density at radius 2 is 2.32 bits per heavy atom. The summed E-state index contributed by atoms with van der Waals surface area (Å²) >= 11 is 0. The van der Waals surface area contributed by atoms with Crippen molar-refractivity contribution in [3.63, 3.8) is 0 Å². The first kappa shape index (κ1) is 14.9. The Balaban J connectivity index is 2.40. The van der Waals surface area contributed by atoms with E-state index in [1.165, 1.54) is 12.1 Å². The molecule has 0 aliphatic heterocycles. The normalized spacial score (nSPS) is 9.74. The predicted molar refractivity (Wildman–Crippen MR) is 69.1 cm³/mol. The third-order valence-corrected chi connectivity index (χ3v) is 2.39. The maximum atomic E-state index is 12.9. The van der Waals surface area contributed by atoms with E-state index in [9.17, 15) is 9.18 Å². The first-order valence-corrected chi connectivity index (χ1v) is 5.86. The monoisotopic (exact) mass is 265 g/mol. The van der Waals surface area contributed by atoms with Gasteiger partial charge in [0, 0.05) is 20.3 Å². The number of rotatable bonds is 7. The van der Waals surface area contributed by atoms with Crippen molar-refractivity contribution in [1.29, 1.82) is 5.26 Å². The summed E-state index contributed by atoms with van der Waals surface area (Å²) in [6, 6.07) is 5.67. The molecule has 1 amide bonds. The van der Waals surface area contributed by atoms with Gasteiger partial charge in [0.1, 0.15) is 11.9 Å². The van der Waals surface area contributed by atoms with E-state index in [2.05, 4.69) is 10.6 Å². The van der Waals surface area contributed by atoms with Crippen LogP contribution in [-0.4, -0.2) is 32.7 Å². The van der Waals surface area contributed by atoms with Crippen molar-refractivity contribution in [3.8, 4) is 6.07 Å². The molecule has 0 aromatic heterocycles. The maximum Gasteiger partial charge on any atom is 0.239 e. The smallest absolute Gasteiger partial charge is 0.239 e. The summed E-state index contributed by atoms with van der Waals surface area (Å²) in [4.78, 5) is 11.5. The molecule has 102 valence electrons. The number of carbonyl (C=O) groups excluding carboxylic acids is 1. The van der Waals surface area contributed by atoms with Crippen LogP contribution in [0.4, 0.5) is 10.1 Å². The van der Waals surface area contributed by atoms with Crippen LogP contribution >= 0.6 is 0 Å². The number of methoxy groups -OCH3 is 1. The summed E-state index contributed by atoms with van der Waals surface area (Å²) in [5, 5.41) is 14.3. The Kier molecular flexibility index (Phi) is 6.33. The molecule has 1 aromatic rings. The molecule has 0 aliphatic carbocycles. The second-order valence-electron chi connectivity index (χ2n) is 3.85. The summed E-state index contributed by atoms with van der Waals surface area (Å²) < 4.78 is 17.8. The number of amides is 1. The number of benzene rings is 1. The van der Waals surface area contributed by atoms with Gasteiger partial charge in [-0.05, 0) is 24.6 Å². The van der Waals surface area contributed by atoms with Crippen molar-refractivity contribution in [2.75, 3.05) is 32.1 Å². The lowest BCUT2D eigenvalue weighted by atomic mass is 10.2. The molecule has 0 unspecified atom stereocenters. The third kappa shape index (κ3) is 5.36. The molecule has 0 radical (unpaired) electrons. The van der Waals surface area contributed by atoms with Gasteiger partial charge in [0.2, 0.25) is 5.91 Å². The van der Waals surface area contributed by atoms with Gasteiger partial charge in [0.05, 0.1) is 17.8 Å². The van der Waals surface area contributed by atoms with Crippen molar-refractivity contribution in [2.45, 2.75) is 6.42 Å². The fourth-order valence-corrected chi connectivity index (χ4v) is 1.45. The van der Waals surface area contributed by atoms with E-state index in [-0.39, 0.29) is 18.0 Å². The Morgan fingerprint density at radius 1 is 1.53 bits per heavy atom. The minimum Gasteiger partial charge on any atom is -0.385 e. The van der Waals surface area contributed by atoms with Gasteiger partial charge in [-0.3, -0.25) is 4.79 Å². The molecule has 0 fully saturated rings. The predicted octanol–water partition coefficient (Wildman–Crippen LogP) is 1.26. The Hall–Kier alpha value is -2.13. The number of ether oxygens (including phenoxy) is 1. The van der Waals surface area contributed by atoms with Gasteiger partial charge in [0.15, 0.2) is 0 Å². The lowest BCUT2D eigenvalue weighted by Crippen LogP contribution is -2.31. The van der Waals surface area contributed by atoms with Crippen LogP contribution in [0.1, 0.15) is 12.0 Å². The van der Waals surface area contributed by atoms with E-state index < -0.39 is 5.82 Å². The number of hydrogen-bond acceptors (Lipinski definition) is 4. The molecule has 5 nitrogen and oxygen atoms in total. The van der Waals surface area contributed by atoms with E-state index >= 15 is 0 Å². The topological polar surface area (TPSA) is 74.2 Å². The van der Waals surface area contributed by atoms with E-state index in [0.717, 1.165) is 12.5 Å². The summed E-state index contributed by atoms with van der Waals surface area (Å²) in [5.74, 6) is -0.671. The number of halogens is 1. The largest absolute Gasteiger partial charge is 0.385 e. The highest BCUT2D eigenvalue weighted by atomic mass is 19.1. The van der Waals surface area contributed by atoms with Crippen LogP contribution in [0.15, 0.2) is 18.2 Å². The van der Waals surface area contributed by atoms with Crippen molar-refractivity contribution in [3.05, 3.63) is 29.6 Å². The molecule has 0 aliphatic rings. The highest BCUT2D eigenvalue weighted by molar-refractivity contribution is 5.81. The highest BCUT2D eigenvalue weighted by Gasteiger charge is 2.05. The minimum atomic E-state index is -0.480. The van der Waals surface area contributed by atoms with E-state index in [1.54, 1.807) is 7.11 Å². The van der Waals surface area contributed by atoms with Gasteiger partial charge in [-0.15, -0.1) is 0 Å². The average molecular weight is 265 g/mol. The van der Waals surface area contributed by atoms with Gasteiger partial charge >= 0.3 is 0 Å². The third-order valence-electron chi connectivity index (χ3n) is 2.39. The highest BCUT2D eigenvalue weighted by Crippen LogP contribution is 2.15. The molecule has 19 heavy (non-hydrogen) atoms. The zero-order valence-corrected chi connectivity index (χ0v) is 10.7. The first-order chi connectivity index (χ1) is 9.17. The van der Waals surface area contributed by atoms with Gasteiger partial charge in [-0.25, -0.2) is 4.39 Å². The molecule has 0 saturated carbocycles. The quantitative estimate of drug-likeness (QED) is 0.728. The van der Waals surface area contributed by atoms with Crippen LogP contribution in [0.3, 0.4) is 0 Å². The number of nitrogens with zero attached hydrogens (tertiary/aromatic N) is 1. The fourth-order valence-electron chi connectivity index (χ4n) is 1.45. The van der Waals surface area contributed by atoms with Crippen molar-refractivity contribution in [2.24, 2.45) is 0 Å². The molecular formula is C13H16FN3O2. The fraction of sp³-hybridized carbons (Fsp3) is 0.385. The van der Waals surface area contributed by atoms with Crippen LogP contribution in [-0.2, 0) is 9.53 Å². The number of carbonyl (C=O) groups is 1. The maximum absolute atomic E-state index is 12.9. The number of nitriles is 1. The summed E-state index contributed by atoms with van der Waals surface area (Å²) in [5.41, 5.74) is 0.614. The molecule has 1 rings (SSSR count). The Morgan fingerprint density at radius 3 is 3.00 bits per heavy atom. The van der Waals surface area contributed by atoms with Crippen molar-refractivity contribution >= 4 is 11.6 Å². The average Bonchev–Trinajstić information content (AvgIpc) is 2.42. The molecule has 0 bridgehead atoms. The van der Waals surface area contributed by atoms with Crippen LogP contribution in [0.25, 0.3) is 0 Å². The lowest BCUT2D eigenvalue weighted by molar-refractivity contribution is -0.119. The molecule has 0 saturated heterocycles. The van der Waals surface area contributed by atoms with Crippen molar-refractivity contribution < 1.29 is 13.9 Å². The zero-order chi connectivity index (χ0) is 14.1. The van der Waals surface area contributed by atoms with E-state index in [0.29, 0.717) is 18.8 Å². The van der Waals surface area contributed by atoms with Gasteiger partial charge in [-0.2, -0.15) is 5.26 Å². The first-order valence-electron chi connectivity index (χ1n) is 5.86. The van der Waals surface area contributed by atoms with Gasteiger partial charge < -0.3 is 15.4 Å². The SMILES string of the molecule is COCCCNC(=O)CNc1ccc(F)cc1C#N. The molecule has 1 aromatic carbocycles. The van der Waals surface area contributed by atoms with Gasteiger partial charge in [-0.1, -0.05) is 0 Å². The standard InChI is InChI=1S/C13H16FN3O2/c1-19-6-2-5-16-13(18)9-17-12-4-3-11(14)7-10(12)8-15/h3-4,7,17H,2,5-6,9H2,1H3,(H,16,18). The molecule has 0 atom stereocenters. The molecule has 2 N–H and O–H groups in total. The van der Waals surface area contributed by atoms with E-state index in [1.807, 2.05) is 6.07 Å². The summed E-state index contributed by atoms with van der Waals surface area (Å²) in [6.07, 6.45) is 0.738. The molecule has 6 heteroatoms. The summed E-state index contributed by atoms with van der Waals surface area (Å²) in [6.45, 7) is 1.15. The number of hydrogen-bond donors (Lipinski definition) is 2. The Labute approximate surface area is 111 Å². The molecule has 0 spiro atoms. The second kappa shape index (κ2) is 8.06. The van der Waals surface area contributed by atoms with Gasteiger partial charge in [0.25, 0.3) is 0 Å². The van der Waals surface area contributed by atoms with Crippen LogP contribution < -0.4 is 10.6 Å². The Bertz CT molecular complexity index is 471. The number of anilines is 1. The molecular weight excluding hydrogens is 249 g/mol. The van der Waals surface area contributed by atoms with E-state index in [4.69, 9.17) is 10.00 Å². The van der Waals surface area contributed by atoms with Crippen LogP contribution in [0.2, 0.25) is 0 Å². The molecule has 0 heterocycles. The van der Waals surface area contributed by atoms with Crippen molar-refractivity contribution in [1.82, 2.24) is 5.32 Å². The van der Waals surface area contributed by atoms with Crippen LogP contribution in [0.5, 0.6) is 0 Å². The second-order valence-corrected chi connectivity index (χ2v) is 3.85. The lowest BCUT2D eigenvalue weighted by Gasteiger charge is -2.09. The summed E-state index contributed by atoms with van der Waals surface area (Å²) in [7, 11) is 1.60. The zero-order valence-electron chi connectivity index (χ0n) is 10.7. The number of nitrogens with one attached hydrogen (secondary N) is 2. The van der Waals surface area contributed by atoms with Crippen LogP contribution in [0, 0.1) is 17.1 Å². The minimum absolute atomic E-state index is 0.0350.